The van der Waals surface area contributed by atoms with Crippen LogP contribution in [0.15, 0.2) is 18.2 Å². The van der Waals surface area contributed by atoms with E-state index in [1.165, 1.54) is 25.3 Å². The predicted molar refractivity (Wildman–Crippen MR) is 60.0 cm³/mol. The summed E-state index contributed by atoms with van der Waals surface area (Å²) in [6.45, 7) is 0. The SMILES string of the molecule is COC(=O)c1cc(C#CCCCl)ccc1F. The molecular formula is C12H10ClFO2. The lowest BCUT2D eigenvalue weighted by molar-refractivity contribution is 0.0595. The predicted octanol–water partition coefficient (Wildman–Crippen LogP) is 2.59. The molecule has 0 unspecified atom stereocenters. The molecule has 84 valence electrons. The molecular weight excluding hydrogens is 231 g/mol. The molecule has 0 fully saturated rings. The van der Waals surface area contributed by atoms with E-state index in [0.717, 1.165) is 0 Å². The summed E-state index contributed by atoms with van der Waals surface area (Å²) in [6.07, 6.45) is 0.548. The summed E-state index contributed by atoms with van der Waals surface area (Å²) < 4.78 is 17.7. The maximum Gasteiger partial charge on any atom is 0.340 e. The van der Waals surface area contributed by atoms with Gasteiger partial charge in [-0.1, -0.05) is 11.8 Å². The minimum absolute atomic E-state index is 0.111. The van der Waals surface area contributed by atoms with Crippen molar-refractivity contribution in [1.82, 2.24) is 0 Å². The maximum atomic E-state index is 13.2. The van der Waals surface area contributed by atoms with Crippen LogP contribution < -0.4 is 0 Å². The number of carbonyl (C=O) groups excluding carboxylic acids is 1. The van der Waals surface area contributed by atoms with Gasteiger partial charge in [0.15, 0.2) is 0 Å². The van der Waals surface area contributed by atoms with Crippen LogP contribution in [0.1, 0.15) is 22.3 Å². The van der Waals surface area contributed by atoms with Crippen LogP contribution in [0.5, 0.6) is 0 Å². The molecule has 0 saturated heterocycles. The molecule has 0 spiro atoms. The summed E-state index contributed by atoms with van der Waals surface area (Å²) >= 11 is 5.46. The first-order chi connectivity index (χ1) is 7.69. The number of carbonyl (C=O) groups is 1. The van der Waals surface area contributed by atoms with Gasteiger partial charge in [0.05, 0.1) is 12.7 Å². The molecule has 0 radical (unpaired) electrons. The average molecular weight is 241 g/mol. The van der Waals surface area contributed by atoms with Gasteiger partial charge >= 0.3 is 5.97 Å². The molecule has 0 aliphatic rings. The van der Waals surface area contributed by atoms with Crippen molar-refractivity contribution in [2.75, 3.05) is 13.0 Å². The highest BCUT2D eigenvalue weighted by Crippen LogP contribution is 2.11. The summed E-state index contributed by atoms with van der Waals surface area (Å²) in [6, 6.07) is 4.06. The molecule has 0 aliphatic carbocycles. The highest BCUT2D eigenvalue weighted by Gasteiger charge is 2.11. The van der Waals surface area contributed by atoms with Crippen LogP contribution in [-0.2, 0) is 4.74 Å². The fraction of sp³-hybridized carbons (Fsp3) is 0.250. The Morgan fingerprint density at radius 2 is 2.31 bits per heavy atom. The van der Waals surface area contributed by atoms with E-state index in [1.807, 2.05) is 0 Å². The van der Waals surface area contributed by atoms with Gasteiger partial charge in [-0.05, 0) is 18.2 Å². The number of benzene rings is 1. The highest BCUT2D eigenvalue weighted by molar-refractivity contribution is 6.18. The van der Waals surface area contributed by atoms with Crippen molar-refractivity contribution in [3.05, 3.63) is 35.1 Å². The van der Waals surface area contributed by atoms with Crippen LogP contribution >= 0.6 is 11.6 Å². The standard InChI is InChI=1S/C12H10ClFO2/c1-16-12(15)10-8-9(4-2-3-7-13)5-6-11(10)14/h5-6,8H,3,7H2,1H3. The molecule has 16 heavy (non-hydrogen) atoms. The lowest BCUT2D eigenvalue weighted by Gasteiger charge is -2.01. The van der Waals surface area contributed by atoms with Crippen molar-refractivity contribution < 1.29 is 13.9 Å². The largest absolute Gasteiger partial charge is 0.465 e. The van der Waals surface area contributed by atoms with Crippen molar-refractivity contribution >= 4 is 17.6 Å². The molecule has 1 aromatic carbocycles. The fourth-order valence-corrected chi connectivity index (χ4v) is 1.18. The van der Waals surface area contributed by atoms with Crippen molar-refractivity contribution in [3.63, 3.8) is 0 Å². The zero-order valence-corrected chi connectivity index (χ0v) is 9.47. The third kappa shape index (κ3) is 3.25. The number of halogens is 2. The Labute approximate surface area is 98.4 Å². The monoisotopic (exact) mass is 240 g/mol. The zero-order chi connectivity index (χ0) is 12.0. The van der Waals surface area contributed by atoms with E-state index < -0.39 is 11.8 Å². The van der Waals surface area contributed by atoms with Crippen LogP contribution in [0, 0.1) is 17.7 Å². The molecule has 1 rings (SSSR count). The number of methoxy groups -OCH3 is 1. The first-order valence-electron chi connectivity index (χ1n) is 4.61. The smallest absolute Gasteiger partial charge is 0.340 e. The summed E-state index contributed by atoms with van der Waals surface area (Å²) in [5.41, 5.74) is 0.451. The molecule has 4 heteroatoms. The number of rotatable bonds is 2. The molecule has 0 aliphatic heterocycles. The molecule has 1 aromatic rings. The molecule has 0 amide bonds. The van der Waals surface area contributed by atoms with Crippen LogP contribution in [0.25, 0.3) is 0 Å². The van der Waals surface area contributed by atoms with Crippen molar-refractivity contribution in [1.29, 1.82) is 0 Å². The highest BCUT2D eigenvalue weighted by atomic mass is 35.5. The van der Waals surface area contributed by atoms with E-state index in [2.05, 4.69) is 16.6 Å². The number of alkyl halides is 1. The molecule has 0 atom stereocenters. The Hall–Kier alpha value is -1.53. The lowest BCUT2D eigenvalue weighted by Crippen LogP contribution is -2.04. The molecule has 2 nitrogen and oxygen atoms in total. The second-order valence-electron chi connectivity index (χ2n) is 2.93. The molecule has 0 heterocycles. The van der Waals surface area contributed by atoms with Crippen LogP contribution in [0.2, 0.25) is 0 Å². The topological polar surface area (TPSA) is 26.3 Å². The summed E-state index contributed by atoms with van der Waals surface area (Å²) in [5, 5.41) is 0. The number of esters is 1. The number of ether oxygens (including phenoxy) is 1. The van der Waals surface area contributed by atoms with Gasteiger partial charge < -0.3 is 4.74 Å². The van der Waals surface area contributed by atoms with Gasteiger partial charge in [0.2, 0.25) is 0 Å². The average Bonchev–Trinajstić information content (AvgIpc) is 2.30. The van der Waals surface area contributed by atoms with Crippen LogP contribution in [0.3, 0.4) is 0 Å². The van der Waals surface area contributed by atoms with E-state index in [-0.39, 0.29) is 5.56 Å². The van der Waals surface area contributed by atoms with E-state index in [0.29, 0.717) is 17.9 Å². The number of hydrogen-bond acceptors (Lipinski definition) is 2. The van der Waals surface area contributed by atoms with E-state index in [1.54, 1.807) is 0 Å². The lowest BCUT2D eigenvalue weighted by atomic mass is 10.1. The Morgan fingerprint density at radius 3 is 2.94 bits per heavy atom. The minimum Gasteiger partial charge on any atom is -0.465 e. The molecule has 0 aromatic heterocycles. The summed E-state index contributed by atoms with van der Waals surface area (Å²) in [5.74, 6) is 4.70. The first kappa shape index (κ1) is 12.5. The van der Waals surface area contributed by atoms with Gasteiger partial charge in [0.1, 0.15) is 5.82 Å². The Kier molecular flexibility index (Phi) is 4.81. The van der Waals surface area contributed by atoms with Crippen molar-refractivity contribution in [2.24, 2.45) is 0 Å². The second-order valence-corrected chi connectivity index (χ2v) is 3.30. The molecule has 0 N–H and O–H groups in total. The minimum atomic E-state index is -0.710. The van der Waals surface area contributed by atoms with Gasteiger partial charge in [-0.15, -0.1) is 11.6 Å². The van der Waals surface area contributed by atoms with E-state index in [4.69, 9.17) is 11.6 Å². The molecule has 0 bridgehead atoms. The van der Waals surface area contributed by atoms with Crippen molar-refractivity contribution in [2.45, 2.75) is 6.42 Å². The third-order valence-electron chi connectivity index (χ3n) is 1.82. The quantitative estimate of drug-likeness (QED) is 0.451. The third-order valence-corrected chi connectivity index (χ3v) is 2.01. The van der Waals surface area contributed by atoms with Gasteiger partial charge in [-0.2, -0.15) is 0 Å². The summed E-state index contributed by atoms with van der Waals surface area (Å²) in [7, 11) is 1.20. The fourth-order valence-electron chi connectivity index (χ4n) is 1.08. The zero-order valence-electron chi connectivity index (χ0n) is 8.72. The molecule has 0 saturated carbocycles. The normalized spacial score (nSPS) is 9.19. The van der Waals surface area contributed by atoms with Gasteiger partial charge in [0, 0.05) is 17.9 Å². The van der Waals surface area contributed by atoms with Gasteiger partial charge in [-0.3, -0.25) is 0 Å². The van der Waals surface area contributed by atoms with E-state index in [9.17, 15) is 9.18 Å². The summed E-state index contributed by atoms with van der Waals surface area (Å²) in [4.78, 5) is 11.2. The van der Waals surface area contributed by atoms with Gasteiger partial charge in [-0.25, -0.2) is 9.18 Å². The Morgan fingerprint density at radius 1 is 1.56 bits per heavy atom. The maximum absolute atomic E-state index is 13.2. The van der Waals surface area contributed by atoms with Crippen molar-refractivity contribution in [3.8, 4) is 11.8 Å². The van der Waals surface area contributed by atoms with E-state index >= 15 is 0 Å². The Bertz CT molecular complexity index is 446. The van der Waals surface area contributed by atoms with Crippen LogP contribution in [0.4, 0.5) is 4.39 Å². The first-order valence-corrected chi connectivity index (χ1v) is 5.15. The van der Waals surface area contributed by atoms with Gasteiger partial charge in [0.25, 0.3) is 0 Å². The number of hydrogen-bond donors (Lipinski definition) is 0. The Balaban J connectivity index is 2.99. The van der Waals surface area contributed by atoms with Crippen LogP contribution in [-0.4, -0.2) is 19.0 Å². The second kappa shape index (κ2) is 6.14.